The highest BCUT2D eigenvalue weighted by Crippen LogP contribution is 2.29. The molecule has 3 nitrogen and oxygen atoms in total. The minimum atomic E-state index is -0.807. The van der Waals surface area contributed by atoms with Gasteiger partial charge in [0.15, 0.2) is 11.6 Å². The van der Waals surface area contributed by atoms with Crippen LogP contribution < -0.4 is 0 Å². The first-order chi connectivity index (χ1) is 7.65. The number of halogens is 1. The van der Waals surface area contributed by atoms with Crippen molar-refractivity contribution in [1.82, 2.24) is 0 Å². The van der Waals surface area contributed by atoms with Crippen LogP contribution in [0.4, 0.5) is 4.39 Å². The first-order valence-corrected chi connectivity index (χ1v) is 4.63. The molecule has 2 rings (SSSR count). The first kappa shape index (κ1) is 10.4. The van der Waals surface area contributed by atoms with E-state index in [1.165, 1.54) is 19.2 Å². The van der Waals surface area contributed by atoms with Crippen molar-refractivity contribution in [2.75, 3.05) is 7.11 Å². The van der Waals surface area contributed by atoms with Gasteiger partial charge in [-0.25, -0.2) is 9.18 Å². The molecule has 0 heterocycles. The minimum absolute atomic E-state index is 0.168. The summed E-state index contributed by atoms with van der Waals surface area (Å²) < 4.78 is 18.2. The van der Waals surface area contributed by atoms with Gasteiger partial charge in [0.1, 0.15) is 5.56 Å². The van der Waals surface area contributed by atoms with Gasteiger partial charge in [-0.3, -0.25) is 0 Å². The Bertz CT molecular complexity index is 563. The number of benzene rings is 2. The van der Waals surface area contributed by atoms with Gasteiger partial charge in [-0.05, 0) is 11.5 Å². The van der Waals surface area contributed by atoms with E-state index in [9.17, 15) is 14.3 Å². The molecule has 0 aromatic heterocycles. The highest BCUT2D eigenvalue weighted by atomic mass is 19.1. The number of phenolic OH excluding ortho intramolecular Hbond substituents is 1. The Balaban J connectivity index is 2.78. The summed E-state index contributed by atoms with van der Waals surface area (Å²) in [6.45, 7) is 0. The molecule has 0 fully saturated rings. The van der Waals surface area contributed by atoms with Crippen molar-refractivity contribution in [3.63, 3.8) is 0 Å². The van der Waals surface area contributed by atoms with Crippen LogP contribution in [0.15, 0.2) is 30.3 Å². The Morgan fingerprint density at radius 3 is 2.75 bits per heavy atom. The molecule has 0 aliphatic heterocycles. The van der Waals surface area contributed by atoms with E-state index in [0.717, 1.165) is 0 Å². The lowest BCUT2D eigenvalue weighted by atomic mass is 10.1. The lowest BCUT2D eigenvalue weighted by Crippen LogP contribution is -2.02. The third-order valence-corrected chi connectivity index (χ3v) is 2.37. The maximum atomic E-state index is 13.7. The van der Waals surface area contributed by atoms with Crippen molar-refractivity contribution in [3.8, 4) is 5.75 Å². The number of fused-ring (bicyclic) bond motifs is 1. The molecule has 0 aliphatic carbocycles. The third-order valence-electron chi connectivity index (χ3n) is 2.37. The molecule has 2 aromatic rings. The minimum Gasteiger partial charge on any atom is -0.504 e. The first-order valence-electron chi connectivity index (χ1n) is 4.63. The van der Waals surface area contributed by atoms with Crippen molar-refractivity contribution in [2.24, 2.45) is 0 Å². The van der Waals surface area contributed by atoms with Crippen LogP contribution in [0.3, 0.4) is 0 Å². The molecule has 0 radical (unpaired) electrons. The lowest BCUT2D eigenvalue weighted by Gasteiger charge is -2.06. The highest BCUT2D eigenvalue weighted by Gasteiger charge is 2.18. The van der Waals surface area contributed by atoms with Gasteiger partial charge in [-0.2, -0.15) is 0 Å². The van der Waals surface area contributed by atoms with Gasteiger partial charge < -0.3 is 9.84 Å². The SMILES string of the molecule is COC(=O)c1cc2ccccc2c(F)c1O. The topological polar surface area (TPSA) is 46.5 Å². The number of methoxy groups -OCH3 is 1. The number of rotatable bonds is 1. The van der Waals surface area contributed by atoms with Gasteiger partial charge in [0, 0.05) is 5.39 Å². The van der Waals surface area contributed by atoms with Crippen molar-refractivity contribution in [1.29, 1.82) is 0 Å². The average molecular weight is 220 g/mol. The number of esters is 1. The zero-order valence-electron chi connectivity index (χ0n) is 8.53. The van der Waals surface area contributed by atoms with E-state index in [4.69, 9.17) is 0 Å². The fraction of sp³-hybridized carbons (Fsp3) is 0.0833. The summed E-state index contributed by atoms with van der Waals surface area (Å²) in [6.07, 6.45) is 0. The van der Waals surface area contributed by atoms with E-state index in [1.807, 2.05) is 0 Å². The van der Waals surface area contributed by atoms with Gasteiger partial charge in [0.05, 0.1) is 7.11 Å². The normalized spacial score (nSPS) is 10.4. The average Bonchev–Trinajstić information content (AvgIpc) is 2.33. The number of ether oxygens (including phenoxy) is 1. The maximum Gasteiger partial charge on any atom is 0.341 e. The number of carbonyl (C=O) groups excluding carboxylic acids is 1. The van der Waals surface area contributed by atoms with Crippen LogP contribution in [0.25, 0.3) is 10.8 Å². The second-order valence-electron chi connectivity index (χ2n) is 3.30. The van der Waals surface area contributed by atoms with Crippen molar-refractivity contribution in [3.05, 3.63) is 41.7 Å². The number of hydrogen-bond donors (Lipinski definition) is 1. The molecular weight excluding hydrogens is 211 g/mol. The van der Waals surface area contributed by atoms with Crippen LogP contribution in [0.1, 0.15) is 10.4 Å². The fourth-order valence-corrected chi connectivity index (χ4v) is 1.56. The van der Waals surface area contributed by atoms with Crippen LogP contribution >= 0.6 is 0 Å². The highest BCUT2D eigenvalue weighted by molar-refractivity contribution is 5.98. The predicted molar refractivity (Wildman–Crippen MR) is 56.9 cm³/mol. The third kappa shape index (κ3) is 1.48. The smallest absolute Gasteiger partial charge is 0.341 e. The quantitative estimate of drug-likeness (QED) is 0.751. The monoisotopic (exact) mass is 220 g/mol. The molecule has 0 saturated carbocycles. The standard InChI is InChI=1S/C12H9FO3/c1-16-12(15)9-6-7-4-2-3-5-8(7)10(13)11(9)14/h2-6,14H,1H3. The maximum absolute atomic E-state index is 13.7. The van der Waals surface area contributed by atoms with Crippen LogP contribution in [-0.2, 0) is 4.74 Å². The Hall–Kier alpha value is -2.10. The summed E-state index contributed by atoms with van der Waals surface area (Å²) in [6, 6.07) is 7.97. The lowest BCUT2D eigenvalue weighted by molar-refractivity contribution is 0.0597. The zero-order chi connectivity index (χ0) is 11.7. The van der Waals surface area contributed by atoms with Gasteiger partial charge in [-0.15, -0.1) is 0 Å². The fourth-order valence-electron chi connectivity index (χ4n) is 1.56. The van der Waals surface area contributed by atoms with Crippen LogP contribution in [0.5, 0.6) is 5.75 Å². The van der Waals surface area contributed by atoms with Crippen molar-refractivity contribution < 1.29 is 19.0 Å². The summed E-state index contributed by atoms with van der Waals surface area (Å²) in [7, 11) is 1.18. The van der Waals surface area contributed by atoms with E-state index in [0.29, 0.717) is 5.39 Å². The molecule has 0 spiro atoms. The number of aromatic hydroxyl groups is 1. The van der Waals surface area contributed by atoms with Crippen LogP contribution in [0.2, 0.25) is 0 Å². The number of hydrogen-bond acceptors (Lipinski definition) is 3. The number of carbonyl (C=O) groups is 1. The van der Waals surface area contributed by atoms with E-state index in [-0.39, 0.29) is 10.9 Å². The Kier molecular flexibility index (Phi) is 2.48. The van der Waals surface area contributed by atoms with Gasteiger partial charge in [0.25, 0.3) is 0 Å². The Labute approximate surface area is 91.1 Å². The van der Waals surface area contributed by atoms with E-state index in [1.54, 1.807) is 18.2 Å². The summed E-state index contributed by atoms with van der Waals surface area (Å²) >= 11 is 0. The van der Waals surface area contributed by atoms with E-state index < -0.39 is 17.5 Å². The zero-order valence-corrected chi connectivity index (χ0v) is 8.53. The second-order valence-corrected chi connectivity index (χ2v) is 3.30. The van der Waals surface area contributed by atoms with Crippen molar-refractivity contribution >= 4 is 16.7 Å². The molecule has 4 heteroatoms. The van der Waals surface area contributed by atoms with Crippen LogP contribution in [-0.4, -0.2) is 18.2 Å². The summed E-state index contributed by atoms with van der Waals surface area (Å²) in [5.41, 5.74) is -0.168. The van der Waals surface area contributed by atoms with Gasteiger partial charge >= 0.3 is 5.97 Å². The molecular formula is C12H9FO3. The Morgan fingerprint density at radius 2 is 2.06 bits per heavy atom. The molecule has 0 unspecified atom stereocenters. The molecule has 82 valence electrons. The van der Waals surface area contributed by atoms with E-state index in [2.05, 4.69) is 4.74 Å². The van der Waals surface area contributed by atoms with Gasteiger partial charge in [0.2, 0.25) is 0 Å². The van der Waals surface area contributed by atoms with E-state index >= 15 is 0 Å². The molecule has 0 aliphatic rings. The number of phenols is 1. The summed E-state index contributed by atoms with van der Waals surface area (Å²) in [4.78, 5) is 11.3. The van der Waals surface area contributed by atoms with Gasteiger partial charge in [-0.1, -0.05) is 24.3 Å². The molecule has 16 heavy (non-hydrogen) atoms. The molecule has 0 saturated heterocycles. The Morgan fingerprint density at radius 1 is 1.38 bits per heavy atom. The second kappa shape index (κ2) is 3.81. The molecule has 2 aromatic carbocycles. The predicted octanol–water partition coefficient (Wildman–Crippen LogP) is 2.47. The molecule has 0 bridgehead atoms. The molecule has 0 amide bonds. The summed E-state index contributed by atoms with van der Waals surface area (Å²) in [5, 5.41) is 10.3. The molecule has 1 N–H and O–H groups in total. The summed E-state index contributed by atoms with van der Waals surface area (Å²) in [5.74, 6) is -2.24. The van der Waals surface area contributed by atoms with Crippen LogP contribution in [0, 0.1) is 5.82 Å². The largest absolute Gasteiger partial charge is 0.504 e. The molecule has 0 atom stereocenters. The van der Waals surface area contributed by atoms with Crippen molar-refractivity contribution in [2.45, 2.75) is 0 Å².